The number of carbonyl (C=O) groups is 2. The van der Waals surface area contributed by atoms with E-state index in [1.54, 1.807) is 0 Å². The van der Waals surface area contributed by atoms with Gasteiger partial charge in [-0.25, -0.2) is 19.4 Å². The molecule has 2 aliphatic rings. The molecule has 2 saturated heterocycles. The van der Waals surface area contributed by atoms with Crippen LogP contribution in [0.3, 0.4) is 0 Å². The molecule has 41 heavy (non-hydrogen) atoms. The Hall–Kier alpha value is -3.99. The summed E-state index contributed by atoms with van der Waals surface area (Å²) < 4.78 is 7.34. The predicted molar refractivity (Wildman–Crippen MR) is 158 cm³/mol. The number of piperidine rings is 1. The van der Waals surface area contributed by atoms with Gasteiger partial charge in [-0.15, -0.1) is 0 Å². The Kier molecular flexibility index (Phi) is 8.82. The Balaban J connectivity index is 1.30. The lowest BCUT2D eigenvalue weighted by Gasteiger charge is -2.32. The molecule has 0 spiro atoms. The van der Waals surface area contributed by atoms with Gasteiger partial charge in [0.2, 0.25) is 5.91 Å². The number of hydrogen-bond donors (Lipinski definition) is 1. The van der Waals surface area contributed by atoms with Crippen molar-refractivity contribution in [1.29, 1.82) is 0 Å². The molecule has 2 amide bonds. The zero-order valence-electron chi connectivity index (χ0n) is 24.0. The second-order valence-corrected chi connectivity index (χ2v) is 11.3. The summed E-state index contributed by atoms with van der Waals surface area (Å²) in [6.07, 6.45) is 5.29. The number of nitrogens with zero attached hydrogens (tertiary/aromatic N) is 7. The number of fused-ring (bicyclic) bond motifs is 1. The molecule has 11 nitrogen and oxygen atoms in total. The number of amides is 2. The molecular formula is C30H40N8O3. The minimum atomic E-state index is -0.215. The van der Waals surface area contributed by atoms with E-state index >= 15 is 0 Å². The van der Waals surface area contributed by atoms with Gasteiger partial charge in [0.05, 0.1) is 18.0 Å². The number of nitrogen functional groups attached to an aromatic ring is 1. The maximum absolute atomic E-state index is 12.4. The first kappa shape index (κ1) is 28.5. The maximum Gasteiger partial charge on any atom is 0.409 e. The molecule has 11 heteroatoms. The number of benzene rings is 1. The number of carbonyl (C=O) groups excluding carboxylic acids is 2. The topological polar surface area (TPSA) is 123 Å². The molecule has 1 aromatic carbocycles. The average molecular weight is 561 g/mol. The summed E-state index contributed by atoms with van der Waals surface area (Å²) >= 11 is 0. The van der Waals surface area contributed by atoms with E-state index in [-0.39, 0.29) is 18.0 Å². The van der Waals surface area contributed by atoms with Crippen LogP contribution in [0.2, 0.25) is 0 Å². The number of likely N-dealkylation sites (tertiary alicyclic amines) is 1. The number of anilines is 1. The Labute approximate surface area is 241 Å². The Morgan fingerprint density at radius 3 is 2.61 bits per heavy atom. The van der Waals surface area contributed by atoms with Crippen molar-refractivity contribution in [1.82, 2.24) is 34.4 Å². The average Bonchev–Trinajstić information content (AvgIpc) is 3.23. The van der Waals surface area contributed by atoms with Gasteiger partial charge in [-0.3, -0.25) is 9.69 Å². The molecule has 4 heterocycles. The van der Waals surface area contributed by atoms with Crippen molar-refractivity contribution in [2.45, 2.75) is 45.7 Å². The second kappa shape index (κ2) is 12.7. The Morgan fingerprint density at radius 2 is 1.85 bits per heavy atom. The third-order valence-electron chi connectivity index (χ3n) is 7.77. The lowest BCUT2D eigenvalue weighted by molar-refractivity contribution is -0.127. The summed E-state index contributed by atoms with van der Waals surface area (Å²) in [6.45, 7) is 13.3. The molecule has 0 aliphatic carbocycles. The van der Waals surface area contributed by atoms with E-state index in [1.807, 2.05) is 28.3 Å². The molecular weight excluding hydrogens is 520 g/mol. The SMILES string of the molecule is C=CC(=O)N1CCCC(n2nc(-c3ccc(CN4CCCN(C(=O)OCC(C)C)CC4)cc3)c3c(N)ncnc32)C1. The highest BCUT2D eigenvalue weighted by molar-refractivity contribution is 5.98. The fraction of sp³-hybridized carbons (Fsp3) is 0.500. The summed E-state index contributed by atoms with van der Waals surface area (Å²) in [5, 5.41) is 5.71. The first-order valence-electron chi connectivity index (χ1n) is 14.5. The summed E-state index contributed by atoms with van der Waals surface area (Å²) in [5.41, 5.74) is 9.88. The second-order valence-electron chi connectivity index (χ2n) is 11.3. The molecule has 1 atom stereocenters. The van der Waals surface area contributed by atoms with Crippen LogP contribution < -0.4 is 5.73 Å². The summed E-state index contributed by atoms with van der Waals surface area (Å²) in [6, 6.07) is 8.35. The molecule has 2 fully saturated rings. The number of ether oxygens (including phenoxy) is 1. The standard InChI is InChI=1S/C30H40N8O3/c1-4-25(39)37-13-5-7-24(18-37)38-29-26(28(31)32-20-33-29)27(34-38)23-10-8-22(9-11-23)17-35-12-6-14-36(16-15-35)30(40)41-19-21(2)3/h4,8-11,20-21,24H,1,5-7,12-19H2,2-3H3,(H2,31,32,33). The van der Waals surface area contributed by atoms with E-state index in [1.165, 1.54) is 18.0 Å². The van der Waals surface area contributed by atoms with E-state index in [4.69, 9.17) is 15.6 Å². The van der Waals surface area contributed by atoms with Crippen molar-refractivity contribution in [3.8, 4) is 11.3 Å². The highest BCUT2D eigenvalue weighted by atomic mass is 16.6. The first-order chi connectivity index (χ1) is 19.8. The number of hydrogen-bond acceptors (Lipinski definition) is 8. The summed E-state index contributed by atoms with van der Waals surface area (Å²) in [5.74, 6) is 0.641. The molecule has 0 radical (unpaired) electrons. The lowest BCUT2D eigenvalue weighted by Crippen LogP contribution is -2.40. The lowest BCUT2D eigenvalue weighted by atomic mass is 10.1. The van der Waals surface area contributed by atoms with Crippen LogP contribution in [0.15, 0.2) is 43.2 Å². The minimum absolute atomic E-state index is 0.0114. The highest BCUT2D eigenvalue weighted by Crippen LogP contribution is 2.34. The smallest absolute Gasteiger partial charge is 0.409 e. The molecule has 218 valence electrons. The van der Waals surface area contributed by atoms with Gasteiger partial charge in [0, 0.05) is 51.4 Å². The van der Waals surface area contributed by atoms with E-state index < -0.39 is 0 Å². The number of rotatable bonds is 7. The number of nitrogens with two attached hydrogens (primary N) is 1. The molecule has 2 aromatic heterocycles. The summed E-state index contributed by atoms with van der Waals surface area (Å²) in [7, 11) is 0. The molecule has 0 saturated carbocycles. The molecule has 0 bridgehead atoms. The zero-order chi connectivity index (χ0) is 28.9. The maximum atomic E-state index is 12.4. The fourth-order valence-electron chi connectivity index (χ4n) is 5.60. The molecule has 3 aromatic rings. The van der Waals surface area contributed by atoms with Crippen LogP contribution in [0, 0.1) is 5.92 Å². The van der Waals surface area contributed by atoms with E-state index in [2.05, 4.69) is 45.7 Å². The van der Waals surface area contributed by atoms with E-state index in [0.717, 1.165) is 55.5 Å². The van der Waals surface area contributed by atoms with E-state index in [9.17, 15) is 9.59 Å². The fourth-order valence-corrected chi connectivity index (χ4v) is 5.60. The van der Waals surface area contributed by atoms with Crippen LogP contribution in [0.5, 0.6) is 0 Å². The third-order valence-corrected chi connectivity index (χ3v) is 7.77. The van der Waals surface area contributed by atoms with Gasteiger partial charge < -0.3 is 20.3 Å². The third kappa shape index (κ3) is 6.51. The molecule has 1 unspecified atom stereocenters. The van der Waals surface area contributed by atoms with Crippen molar-refractivity contribution in [2.24, 2.45) is 5.92 Å². The quantitative estimate of drug-likeness (QED) is 0.434. The van der Waals surface area contributed by atoms with Gasteiger partial charge in [0.15, 0.2) is 5.65 Å². The van der Waals surface area contributed by atoms with Crippen LogP contribution >= 0.6 is 0 Å². The van der Waals surface area contributed by atoms with Crippen molar-refractivity contribution < 1.29 is 14.3 Å². The van der Waals surface area contributed by atoms with Crippen LogP contribution in [0.4, 0.5) is 10.6 Å². The van der Waals surface area contributed by atoms with Gasteiger partial charge in [0.1, 0.15) is 17.8 Å². The normalized spacial score (nSPS) is 18.5. The number of aromatic nitrogens is 4. The van der Waals surface area contributed by atoms with Crippen LogP contribution in [-0.4, -0.2) is 92.3 Å². The van der Waals surface area contributed by atoms with Crippen molar-refractivity contribution in [3.05, 3.63) is 48.8 Å². The van der Waals surface area contributed by atoms with Gasteiger partial charge >= 0.3 is 6.09 Å². The van der Waals surface area contributed by atoms with Gasteiger partial charge in [0.25, 0.3) is 0 Å². The van der Waals surface area contributed by atoms with Gasteiger partial charge in [-0.1, -0.05) is 44.7 Å². The van der Waals surface area contributed by atoms with Crippen molar-refractivity contribution in [3.63, 3.8) is 0 Å². The monoisotopic (exact) mass is 560 g/mol. The van der Waals surface area contributed by atoms with Crippen LogP contribution in [0.1, 0.15) is 44.7 Å². The molecule has 2 aliphatic heterocycles. The predicted octanol–water partition coefficient (Wildman–Crippen LogP) is 3.73. The Bertz CT molecular complexity index is 1390. The molecule has 2 N–H and O–H groups in total. The Morgan fingerprint density at radius 1 is 1.07 bits per heavy atom. The zero-order valence-corrected chi connectivity index (χ0v) is 24.0. The van der Waals surface area contributed by atoms with Crippen molar-refractivity contribution in [2.75, 3.05) is 51.6 Å². The molecule has 5 rings (SSSR count). The van der Waals surface area contributed by atoms with Crippen LogP contribution in [-0.2, 0) is 16.1 Å². The van der Waals surface area contributed by atoms with Gasteiger partial charge in [-0.05, 0) is 36.8 Å². The largest absolute Gasteiger partial charge is 0.449 e. The first-order valence-corrected chi connectivity index (χ1v) is 14.5. The minimum Gasteiger partial charge on any atom is -0.449 e. The highest BCUT2D eigenvalue weighted by Gasteiger charge is 2.28. The van der Waals surface area contributed by atoms with E-state index in [0.29, 0.717) is 50.2 Å². The van der Waals surface area contributed by atoms with Crippen molar-refractivity contribution >= 4 is 28.9 Å². The van der Waals surface area contributed by atoms with Crippen LogP contribution in [0.25, 0.3) is 22.3 Å². The van der Waals surface area contributed by atoms with Gasteiger partial charge in [-0.2, -0.15) is 5.10 Å². The summed E-state index contributed by atoms with van der Waals surface area (Å²) in [4.78, 5) is 39.5.